The van der Waals surface area contributed by atoms with Gasteiger partial charge in [-0.3, -0.25) is 0 Å². The van der Waals surface area contributed by atoms with E-state index in [1.165, 1.54) is 6.07 Å². The first-order chi connectivity index (χ1) is 8.46. The van der Waals surface area contributed by atoms with Gasteiger partial charge < -0.3 is 15.4 Å². The first-order valence-corrected chi connectivity index (χ1v) is 5.45. The zero-order chi connectivity index (χ0) is 13.2. The molecule has 1 saturated heterocycles. The van der Waals surface area contributed by atoms with E-state index < -0.39 is 17.9 Å². The van der Waals surface area contributed by atoms with Crippen molar-refractivity contribution in [3.05, 3.63) is 29.6 Å². The van der Waals surface area contributed by atoms with E-state index in [0.717, 1.165) is 25.2 Å². The molecule has 0 unspecified atom stereocenters. The van der Waals surface area contributed by atoms with Crippen molar-refractivity contribution in [1.29, 1.82) is 0 Å². The summed E-state index contributed by atoms with van der Waals surface area (Å²) in [7, 11) is 0. The fraction of sp³-hybridized carbons (Fsp3) is 0.455. The minimum atomic E-state index is -4.88. The molecule has 2 rings (SSSR count). The number of piperazine rings is 1. The van der Waals surface area contributed by atoms with Crippen LogP contribution in [0.4, 0.5) is 17.6 Å². The van der Waals surface area contributed by atoms with Gasteiger partial charge in [0, 0.05) is 25.7 Å². The first kappa shape index (κ1) is 13.1. The molecule has 1 aromatic rings. The van der Waals surface area contributed by atoms with Gasteiger partial charge in [0.15, 0.2) is 11.6 Å². The van der Waals surface area contributed by atoms with Crippen molar-refractivity contribution in [2.75, 3.05) is 19.6 Å². The molecule has 0 bridgehead atoms. The maximum absolute atomic E-state index is 13.5. The van der Waals surface area contributed by atoms with E-state index in [9.17, 15) is 17.6 Å². The lowest BCUT2D eigenvalue weighted by Crippen LogP contribution is -2.42. The van der Waals surface area contributed by atoms with Crippen molar-refractivity contribution in [1.82, 2.24) is 10.6 Å². The number of benzene rings is 1. The van der Waals surface area contributed by atoms with E-state index in [-0.39, 0.29) is 6.04 Å². The number of hydrogen-bond acceptors (Lipinski definition) is 3. The Morgan fingerprint density at radius 3 is 2.56 bits per heavy atom. The highest BCUT2D eigenvalue weighted by molar-refractivity contribution is 5.31. The third kappa shape index (κ3) is 3.33. The Kier molecular flexibility index (Phi) is 3.72. The summed E-state index contributed by atoms with van der Waals surface area (Å²) in [5.41, 5.74) is 0.592. The van der Waals surface area contributed by atoms with Crippen molar-refractivity contribution in [2.45, 2.75) is 12.4 Å². The zero-order valence-corrected chi connectivity index (χ0v) is 9.35. The van der Waals surface area contributed by atoms with Crippen molar-refractivity contribution >= 4 is 0 Å². The quantitative estimate of drug-likeness (QED) is 0.801. The van der Waals surface area contributed by atoms with Crippen molar-refractivity contribution in [3.63, 3.8) is 0 Å². The molecule has 2 N–H and O–H groups in total. The Labute approximate surface area is 101 Å². The predicted molar refractivity (Wildman–Crippen MR) is 56.7 cm³/mol. The fourth-order valence-electron chi connectivity index (χ4n) is 1.83. The minimum Gasteiger partial charge on any atom is -0.403 e. The molecular formula is C11H12F4N2O. The van der Waals surface area contributed by atoms with Crippen LogP contribution in [0.5, 0.6) is 5.75 Å². The Bertz CT molecular complexity index is 416. The lowest BCUT2D eigenvalue weighted by Gasteiger charge is -2.25. The summed E-state index contributed by atoms with van der Waals surface area (Å²) in [5, 5.41) is 6.25. The summed E-state index contributed by atoms with van der Waals surface area (Å²) in [6.07, 6.45) is -4.88. The molecule has 1 fully saturated rings. The predicted octanol–water partition coefficient (Wildman–Crippen LogP) is 1.96. The molecular weight excluding hydrogens is 252 g/mol. The van der Waals surface area contributed by atoms with Gasteiger partial charge in [0.05, 0.1) is 0 Å². The molecule has 1 aliphatic rings. The Balaban J connectivity index is 2.13. The lowest BCUT2D eigenvalue weighted by atomic mass is 10.1. The number of hydrogen-bond donors (Lipinski definition) is 2. The summed E-state index contributed by atoms with van der Waals surface area (Å²) in [6, 6.07) is 3.38. The van der Waals surface area contributed by atoms with Crippen molar-refractivity contribution < 1.29 is 22.3 Å². The number of ether oxygens (including phenoxy) is 1. The topological polar surface area (TPSA) is 33.3 Å². The average molecular weight is 264 g/mol. The van der Waals surface area contributed by atoms with Crippen LogP contribution in [0.1, 0.15) is 11.6 Å². The summed E-state index contributed by atoms with van der Waals surface area (Å²) >= 11 is 0. The van der Waals surface area contributed by atoms with E-state index in [2.05, 4.69) is 15.4 Å². The van der Waals surface area contributed by atoms with Crippen LogP contribution in [0.2, 0.25) is 0 Å². The average Bonchev–Trinajstić information content (AvgIpc) is 2.31. The molecule has 100 valence electrons. The van der Waals surface area contributed by atoms with Gasteiger partial charge in [-0.05, 0) is 17.7 Å². The molecule has 1 atom stereocenters. The second kappa shape index (κ2) is 5.11. The summed E-state index contributed by atoms with van der Waals surface area (Å²) in [6.45, 7) is 2.15. The van der Waals surface area contributed by atoms with Crippen molar-refractivity contribution in [3.8, 4) is 5.75 Å². The molecule has 1 heterocycles. The van der Waals surface area contributed by atoms with Gasteiger partial charge in [-0.2, -0.15) is 0 Å². The van der Waals surface area contributed by atoms with Gasteiger partial charge in [0.25, 0.3) is 0 Å². The normalized spacial score (nSPS) is 20.8. The Morgan fingerprint density at radius 1 is 1.22 bits per heavy atom. The first-order valence-electron chi connectivity index (χ1n) is 5.45. The van der Waals surface area contributed by atoms with E-state index in [1.54, 1.807) is 0 Å². The Morgan fingerprint density at radius 2 is 2.00 bits per heavy atom. The van der Waals surface area contributed by atoms with Gasteiger partial charge in [-0.15, -0.1) is 13.2 Å². The molecule has 0 radical (unpaired) electrons. The van der Waals surface area contributed by atoms with E-state index >= 15 is 0 Å². The molecule has 0 saturated carbocycles. The van der Waals surface area contributed by atoms with Crippen LogP contribution in [0.3, 0.4) is 0 Å². The maximum Gasteiger partial charge on any atom is 0.573 e. The van der Waals surface area contributed by atoms with Crippen LogP contribution in [-0.4, -0.2) is 26.0 Å². The number of nitrogens with one attached hydrogen (secondary N) is 2. The molecule has 1 aliphatic heterocycles. The molecule has 0 aromatic heterocycles. The van der Waals surface area contributed by atoms with Crippen LogP contribution in [0.15, 0.2) is 18.2 Å². The Hall–Kier alpha value is -1.34. The molecule has 18 heavy (non-hydrogen) atoms. The highest BCUT2D eigenvalue weighted by Crippen LogP contribution is 2.27. The second-order valence-corrected chi connectivity index (χ2v) is 3.95. The fourth-order valence-corrected chi connectivity index (χ4v) is 1.83. The third-order valence-electron chi connectivity index (χ3n) is 2.62. The summed E-state index contributed by atoms with van der Waals surface area (Å²) in [5.74, 6) is -1.83. The van der Waals surface area contributed by atoms with Crippen LogP contribution in [0, 0.1) is 5.82 Å². The molecule has 3 nitrogen and oxygen atoms in total. The number of alkyl halides is 3. The molecule has 0 aliphatic carbocycles. The van der Waals surface area contributed by atoms with Gasteiger partial charge in [-0.25, -0.2) is 4.39 Å². The minimum absolute atomic E-state index is 0.104. The highest BCUT2D eigenvalue weighted by atomic mass is 19.4. The number of halogens is 4. The van der Waals surface area contributed by atoms with Gasteiger partial charge >= 0.3 is 6.36 Å². The monoisotopic (exact) mass is 264 g/mol. The molecule has 0 amide bonds. The number of rotatable bonds is 2. The van der Waals surface area contributed by atoms with E-state index in [0.29, 0.717) is 12.1 Å². The highest BCUT2D eigenvalue weighted by Gasteiger charge is 2.32. The van der Waals surface area contributed by atoms with E-state index in [1.807, 2.05) is 0 Å². The third-order valence-corrected chi connectivity index (χ3v) is 2.62. The summed E-state index contributed by atoms with van der Waals surface area (Å²) < 4.78 is 52.9. The smallest absolute Gasteiger partial charge is 0.403 e. The molecule has 1 aromatic carbocycles. The van der Waals surface area contributed by atoms with Gasteiger partial charge in [0.1, 0.15) is 0 Å². The van der Waals surface area contributed by atoms with Crippen LogP contribution < -0.4 is 15.4 Å². The van der Waals surface area contributed by atoms with Crippen molar-refractivity contribution in [2.24, 2.45) is 0 Å². The van der Waals surface area contributed by atoms with Crippen LogP contribution >= 0.6 is 0 Å². The zero-order valence-electron chi connectivity index (χ0n) is 9.35. The standard InChI is InChI=1S/C11H12F4N2O/c12-8-5-7(9-6-16-3-4-17-9)1-2-10(8)18-11(13,14)15/h1-2,5,9,16-17H,3-4,6H2/t9-/m0/s1. The summed E-state index contributed by atoms with van der Waals surface area (Å²) in [4.78, 5) is 0. The molecule has 0 spiro atoms. The SMILES string of the molecule is Fc1cc([C@@H]2CNCCN2)ccc1OC(F)(F)F. The van der Waals surface area contributed by atoms with Crippen LogP contribution in [0.25, 0.3) is 0 Å². The lowest BCUT2D eigenvalue weighted by molar-refractivity contribution is -0.275. The second-order valence-electron chi connectivity index (χ2n) is 3.95. The van der Waals surface area contributed by atoms with Crippen LogP contribution in [-0.2, 0) is 0 Å². The molecule has 7 heteroatoms. The van der Waals surface area contributed by atoms with E-state index in [4.69, 9.17) is 0 Å². The maximum atomic E-state index is 13.5. The van der Waals surface area contributed by atoms with Gasteiger partial charge in [-0.1, -0.05) is 6.07 Å². The largest absolute Gasteiger partial charge is 0.573 e. The van der Waals surface area contributed by atoms with Gasteiger partial charge in [0.2, 0.25) is 0 Å².